The quantitative estimate of drug-likeness (QED) is 0.496. The van der Waals surface area contributed by atoms with Crippen LogP contribution in [0.15, 0.2) is 65.8 Å². The first-order valence-corrected chi connectivity index (χ1v) is 10.0. The van der Waals surface area contributed by atoms with Crippen LogP contribution in [0.2, 0.25) is 5.02 Å². The van der Waals surface area contributed by atoms with E-state index in [4.69, 9.17) is 21.4 Å². The smallest absolute Gasteiger partial charge is 0.214 e. The highest BCUT2D eigenvalue weighted by molar-refractivity contribution is 6.30. The fourth-order valence-corrected chi connectivity index (χ4v) is 4.36. The molecule has 0 spiro atoms. The molecule has 3 nitrogen and oxygen atoms in total. The van der Waals surface area contributed by atoms with Crippen molar-refractivity contribution in [2.45, 2.75) is 32.5 Å². The highest BCUT2D eigenvalue weighted by atomic mass is 35.5. The zero-order valence-electron chi connectivity index (χ0n) is 16.2. The summed E-state index contributed by atoms with van der Waals surface area (Å²) in [5, 5.41) is 7.62. The SMILES string of the molecule is Cc1ccc([C@@H]2Oc3ccc(Cl)cc3[C@@H]3CC(c4ccc(F)cc4)=NN32)c(C)c1. The maximum Gasteiger partial charge on any atom is 0.214 e. The van der Waals surface area contributed by atoms with Crippen molar-refractivity contribution in [2.75, 3.05) is 0 Å². The molecule has 2 atom stereocenters. The number of rotatable bonds is 2. The molecule has 0 bridgehead atoms. The second kappa shape index (κ2) is 6.89. The molecular weight excluding hydrogens is 387 g/mol. The molecule has 29 heavy (non-hydrogen) atoms. The summed E-state index contributed by atoms with van der Waals surface area (Å²) in [6.07, 6.45) is 0.385. The Labute approximate surface area is 174 Å². The van der Waals surface area contributed by atoms with Gasteiger partial charge < -0.3 is 4.74 Å². The van der Waals surface area contributed by atoms with Gasteiger partial charge in [-0.05, 0) is 55.3 Å². The molecule has 5 rings (SSSR count). The normalized spacial score (nSPS) is 20.0. The maximum atomic E-state index is 13.4. The van der Waals surface area contributed by atoms with E-state index in [1.807, 2.05) is 23.2 Å². The van der Waals surface area contributed by atoms with Gasteiger partial charge in [0, 0.05) is 22.6 Å². The summed E-state index contributed by atoms with van der Waals surface area (Å²) >= 11 is 6.28. The van der Waals surface area contributed by atoms with Crippen molar-refractivity contribution in [2.24, 2.45) is 5.10 Å². The summed E-state index contributed by atoms with van der Waals surface area (Å²) in [5.41, 5.74) is 6.33. The number of nitrogens with zero attached hydrogens (tertiary/aromatic N) is 2. The molecule has 3 aromatic rings. The molecule has 0 radical (unpaired) electrons. The highest BCUT2D eigenvalue weighted by Crippen LogP contribution is 2.48. The maximum absolute atomic E-state index is 13.4. The van der Waals surface area contributed by atoms with E-state index >= 15 is 0 Å². The third kappa shape index (κ3) is 3.18. The first kappa shape index (κ1) is 18.2. The van der Waals surface area contributed by atoms with Crippen LogP contribution in [0.5, 0.6) is 5.75 Å². The lowest BCUT2D eigenvalue weighted by atomic mass is 9.95. The highest BCUT2D eigenvalue weighted by Gasteiger charge is 2.41. The predicted octanol–water partition coefficient (Wildman–Crippen LogP) is 6.34. The summed E-state index contributed by atoms with van der Waals surface area (Å²) in [4.78, 5) is 0. The first-order valence-electron chi connectivity index (χ1n) is 9.64. The van der Waals surface area contributed by atoms with Crippen molar-refractivity contribution in [3.8, 4) is 5.75 Å². The molecule has 2 heterocycles. The topological polar surface area (TPSA) is 24.8 Å². The summed E-state index contributed by atoms with van der Waals surface area (Å²) < 4.78 is 19.8. The van der Waals surface area contributed by atoms with Gasteiger partial charge in [0.2, 0.25) is 6.23 Å². The van der Waals surface area contributed by atoms with Gasteiger partial charge in [-0.15, -0.1) is 0 Å². The third-order valence-corrected chi connectivity index (χ3v) is 5.86. The van der Waals surface area contributed by atoms with Crippen molar-refractivity contribution in [3.63, 3.8) is 0 Å². The molecule has 0 aromatic heterocycles. The number of aryl methyl sites for hydroxylation is 2. The fourth-order valence-electron chi connectivity index (χ4n) is 4.18. The predicted molar refractivity (Wildman–Crippen MR) is 113 cm³/mol. The lowest BCUT2D eigenvalue weighted by Crippen LogP contribution is -2.34. The van der Waals surface area contributed by atoms with Crippen LogP contribution in [0.3, 0.4) is 0 Å². The lowest BCUT2D eigenvalue weighted by molar-refractivity contribution is -0.0194. The average Bonchev–Trinajstić information content (AvgIpc) is 3.14. The van der Waals surface area contributed by atoms with E-state index in [9.17, 15) is 4.39 Å². The van der Waals surface area contributed by atoms with Gasteiger partial charge >= 0.3 is 0 Å². The van der Waals surface area contributed by atoms with Gasteiger partial charge in [0.15, 0.2) is 0 Å². The van der Waals surface area contributed by atoms with E-state index in [0.717, 1.165) is 33.7 Å². The third-order valence-electron chi connectivity index (χ3n) is 5.62. The zero-order valence-corrected chi connectivity index (χ0v) is 16.9. The number of fused-ring (bicyclic) bond motifs is 3. The molecule has 0 unspecified atom stereocenters. The summed E-state index contributed by atoms with van der Waals surface area (Å²) in [6.45, 7) is 4.18. The van der Waals surface area contributed by atoms with Crippen LogP contribution in [-0.4, -0.2) is 10.7 Å². The fraction of sp³-hybridized carbons (Fsp3) is 0.208. The van der Waals surface area contributed by atoms with Crippen molar-refractivity contribution >= 4 is 17.3 Å². The van der Waals surface area contributed by atoms with Crippen molar-refractivity contribution < 1.29 is 9.13 Å². The minimum atomic E-state index is -0.327. The average molecular weight is 407 g/mol. The first-order chi connectivity index (χ1) is 14.0. The van der Waals surface area contributed by atoms with Crippen LogP contribution < -0.4 is 4.74 Å². The summed E-state index contributed by atoms with van der Waals surface area (Å²) in [6, 6.07) is 18.6. The second-order valence-corrected chi connectivity index (χ2v) is 8.10. The van der Waals surface area contributed by atoms with Crippen LogP contribution in [0.4, 0.5) is 4.39 Å². The van der Waals surface area contributed by atoms with Crippen molar-refractivity contribution in [1.82, 2.24) is 5.01 Å². The van der Waals surface area contributed by atoms with E-state index in [1.165, 1.54) is 17.7 Å². The van der Waals surface area contributed by atoms with E-state index < -0.39 is 0 Å². The Kier molecular flexibility index (Phi) is 4.32. The van der Waals surface area contributed by atoms with Gasteiger partial charge in [-0.2, -0.15) is 5.10 Å². The number of hydrogen-bond acceptors (Lipinski definition) is 3. The van der Waals surface area contributed by atoms with E-state index in [-0.39, 0.29) is 18.1 Å². The Hall–Kier alpha value is -2.85. The summed E-state index contributed by atoms with van der Waals surface area (Å²) in [7, 11) is 0. The van der Waals surface area contributed by atoms with Gasteiger partial charge in [0.05, 0.1) is 11.8 Å². The van der Waals surface area contributed by atoms with E-state index in [1.54, 1.807) is 12.1 Å². The Morgan fingerprint density at radius 3 is 2.55 bits per heavy atom. The zero-order chi connectivity index (χ0) is 20.1. The van der Waals surface area contributed by atoms with Crippen molar-refractivity contribution in [3.05, 3.63) is 99.3 Å². The Balaban J connectivity index is 1.62. The number of halogens is 2. The van der Waals surface area contributed by atoms with Crippen molar-refractivity contribution in [1.29, 1.82) is 0 Å². The van der Waals surface area contributed by atoms with Gasteiger partial charge in [-0.3, -0.25) is 0 Å². The van der Waals surface area contributed by atoms with Crippen LogP contribution in [0.25, 0.3) is 0 Å². The number of ether oxygens (including phenoxy) is 1. The van der Waals surface area contributed by atoms with E-state index in [0.29, 0.717) is 11.4 Å². The molecule has 0 amide bonds. The Morgan fingerprint density at radius 2 is 1.79 bits per heavy atom. The molecule has 0 saturated heterocycles. The molecular formula is C24H20ClFN2O. The molecule has 0 N–H and O–H groups in total. The Morgan fingerprint density at radius 1 is 1.00 bits per heavy atom. The number of benzene rings is 3. The van der Waals surface area contributed by atoms with Crippen LogP contribution in [0, 0.1) is 19.7 Å². The molecule has 0 fully saturated rings. The van der Waals surface area contributed by atoms with Gasteiger partial charge in [-0.1, -0.05) is 47.5 Å². The molecule has 5 heteroatoms. The number of hydrazone groups is 1. The molecule has 0 saturated carbocycles. The molecule has 0 aliphatic carbocycles. The second-order valence-electron chi connectivity index (χ2n) is 7.67. The van der Waals surface area contributed by atoms with Gasteiger partial charge in [-0.25, -0.2) is 9.40 Å². The van der Waals surface area contributed by atoms with Crippen LogP contribution in [0.1, 0.15) is 46.5 Å². The largest absolute Gasteiger partial charge is 0.464 e. The van der Waals surface area contributed by atoms with Gasteiger partial charge in [0.25, 0.3) is 0 Å². The monoisotopic (exact) mass is 406 g/mol. The van der Waals surface area contributed by atoms with E-state index in [2.05, 4.69) is 32.0 Å². The summed E-state index contributed by atoms with van der Waals surface area (Å²) in [5.74, 6) is 0.579. The van der Waals surface area contributed by atoms with Crippen LogP contribution in [-0.2, 0) is 0 Å². The van der Waals surface area contributed by atoms with Crippen LogP contribution >= 0.6 is 11.6 Å². The molecule has 2 aliphatic heterocycles. The molecule has 2 aliphatic rings. The minimum Gasteiger partial charge on any atom is -0.464 e. The number of hydrogen-bond donors (Lipinski definition) is 0. The minimum absolute atomic E-state index is 0.0169. The molecule has 146 valence electrons. The Bertz CT molecular complexity index is 1130. The van der Waals surface area contributed by atoms with Gasteiger partial charge in [0.1, 0.15) is 11.6 Å². The lowest BCUT2D eigenvalue weighted by Gasteiger charge is -2.38. The molecule has 3 aromatic carbocycles. The standard InChI is InChI=1S/C24H20ClFN2O/c1-14-3-9-19(15(2)11-14)24-28-22(20-12-17(25)6-10-23(20)29-24)13-21(27-28)16-4-7-18(26)8-5-16/h3-12,22,24H,13H2,1-2H3/t22-,24-/m0/s1.